The number of rotatable bonds is 10. The van der Waals surface area contributed by atoms with E-state index in [0.717, 1.165) is 5.56 Å². The molecular weight excluding hydrogens is 514 g/mol. The van der Waals surface area contributed by atoms with Gasteiger partial charge in [-0.1, -0.05) is 30.3 Å². The second-order valence-electron chi connectivity index (χ2n) is 9.48. The predicted octanol–water partition coefficient (Wildman–Crippen LogP) is -1.46. The van der Waals surface area contributed by atoms with E-state index in [4.69, 9.17) is 10.6 Å². The van der Waals surface area contributed by atoms with Crippen LogP contribution in [0.25, 0.3) is 0 Å². The molecule has 214 valence electrons. The molecule has 2 aliphatic rings. The van der Waals surface area contributed by atoms with E-state index < -0.39 is 66.7 Å². The summed E-state index contributed by atoms with van der Waals surface area (Å²) in [6, 6.07) is 4.37. The van der Waals surface area contributed by atoms with Crippen LogP contribution >= 0.6 is 0 Å². The molecule has 0 spiro atoms. The number of nitrogens with one attached hydrogen (secondary N) is 2. The lowest BCUT2D eigenvalue weighted by atomic mass is 10.1. The number of ether oxygens (including phenoxy) is 1. The van der Waals surface area contributed by atoms with Crippen molar-refractivity contribution in [1.82, 2.24) is 20.4 Å². The first-order valence-corrected chi connectivity index (χ1v) is 12.8. The van der Waals surface area contributed by atoms with Gasteiger partial charge in [0.2, 0.25) is 17.7 Å². The van der Waals surface area contributed by atoms with Crippen molar-refractivity contribution in [2.45, 2.75) is 69.5 Å². The molecule has 1 aromatic rings. The van der Waals surface area contributed by atoms with Crippen molar-refractivity contribution >= 4 is 29.8 Å². The largest absolute Gasteiger partial charge is 0.445 e. The quantitative estimate of drug-likeness (QED) is 0.215. The average molecular weight is 550 g/mol. The lowest BCUT2D eigenvalue weighted by molar-refractivity contribution is -0.151. The van der Waals surface area contributed by atoms with Crippen LogP contribution in [0.15, 0.2) is 30.3 Å². The Bertz CT molecular complexity index is 1040. The molecule has 0 bridgehead atoms. The number of nitrogens with zero attached hydrogens (tertiary/aromatic N) is 2. The first-order chi connectivity index (χ1) is 18.7. The zero-order valence-corrected chi connectivity index (χ0v) is 21.7. The van der Waals surface area contributed by atoms with Gasteiger partial charge in [-0.25, -0.2) is 9.59 Å². The van der Waals surface area contributed by atoms with Crippen molar-refractivity contribution < 1.29 is 43.8 Å². The molecule has 14 nitrogen and oxygen atoms in total. The number of nitrogens with two attached hydrogens (primary N) is 1. The van der Waals surface area contributed by atoms with E-state index in [2.05, 4.69) is 15.5 Å². The topological polar surface area (TPSA) is 201 Å². The van der Waals surface area contributed by atoms with Gasteiger partial charge >= 0.3 is 12.1 Å². The summed E-state index contributed by atoms with van der Waals surface area (Å²) < 4.78 is 5.17. The predicted molar refractivity (Wildman–Crippen MR) is 134 cm³/mol. The number of hydrogen-bond donors (Lipinski definition) is 5. The summed E-state index contributed by atoms with van der Waals surface area (Å²) in [4.78, 5) is 70.5. The van der Waals surface area contributed by atoms with Crippen LogP contribution in [0.5, 0.6) is 0 Å². The molecule has 2 heterocycles. The van der Waals surface area contributed by atoms with Crippen LogP contribution in [-0.2, 0) is 35.4 Å². The highest BCUT2D eigenvalue weighted by molar-refractivity contribution is 5.95. The van der Waals surface area contributed by atoms with E-state index in [9.17, 15) is 34.2 Å². The Morgan fingerprint density at radius 2 is 1.67 bits per heavy atom. The molecule has 4 amide bonds. The standard InChI is InChI=1S/C25H35N5O9/c1-15(32)20(28-25(37)38-14-16-7-3-2-4-8-16)23(35)30-12-6-10-19(30)22(34)29-11-5-9-18(29)21(33)27-17(13-31)24(36)39-26/h2-4,7-8,15,17-20,31-32H,5-6,9-14,26H2,1H3,(H,27,33)(H,28,37)/t15-,17-,18-,19-,20-/m0/s1. The molecule has 0 aliphatic carbocycles. The number of benzene rings is 1. The Hall–Kier alpha value is -3.75. The van der Waals surface area contributed by atoms with Crippen LogP contribution in [0, 0.1) is 0 Å². The second-order valence-corrected chi connectivity index (χ2v) is 9.48. The molecule has 14 heteroatoms. The Labute approximate surface area is 225 Å². The molecule has 2 saturated heterocycles. The number of hydrogen-bond acceptors (Lipinski definition) is 10. The zero-order valence-electron chi connectivity index (χ0n) is 21.7. The Morgan fingerprint density at radius 3 is 2.28 bits per heavy atom. The van der Waals surface area contributed by atoms with Gasteiger partial charge in [0.05, 0.1) is 12.7 Å². The Balaban J connectivity index is 1.65. The smallest absolute Gasteiger partial charge is 0.408 e. The molecule has 5 atom stereocenters. The maximum Gasteiger partial charge on any atom is 0.408 e. The van der Waals surface area contributed by atoms with E-state index in [1.165, 1.54) is 16.7 Å². The van der Waals surface area contributed by atoms with Crippen molar-refractivity contribution in [1.29, 1.82) is 0 Å². The van der Waals surface area contributed by atoms with Crippen LogP contribution in [0.2, 0.25) is 0 Å². The molecule has 0 aromatic heterocycles. The van der Waals surface area contributed by atoms with Crippen molar-refractivity contribution in [3.8, 4) is 0 Å². The van der Waals surface area contributed by atoms with Crippen molar-refractivity contribution in [3.63, 3.8) is 0 Å². The number of aliphatic hydroxyl groups excluding tert-OH is 2. The van der Waals surface area contributed by atoms with Crippen LogP contribution in [0.4, 0.5) is 4.79 Å². The third kappa shape index (κ3) is 7.43. The highest BCUT2D eigenvalue weighted by Crippen LogP contribution is 2.26. The summed E-state index contributed by atoms with van der Waals surface area (Å²) >= 11 is 0. The van der Waals surface area contributed by atoms with Crippen molar-refractivity contribution in [2.24, 2.45) is 5.90 Å². The van der Waals surface area contributed by atoms with Crippen molar-refractivity contribution in [3.05, 3.63) is 35.9 Å². The molecule has 39 heavy (non-hydrogen) atoms. The SMILES string of the molecule is C[C@H](O)[C@H](NC(=O)OCc1ccccc1)C(=O)N1CCC[C@H]1C(=O)N1CCC[C@H]1C(=O)N[C@@H](CO)C(=O)ON. The van der Waals surface area contributed by atoms with Gasteiger partial charge in [-0.3, -0.25) is 14.4 Å². The summed E-state index contributed by atoms with van der Waals surface area (Å²) in [6.45, 7) is 1.05. The van der Waals surface area contributed by atoms with Gasteiger partial charge in [-0.05, 0) is 38.2 Å². The molecule has 3 rings (SSSR count). The van der Waals surface area contributed by atoms with Gasteiger partial charge in [0.25, 0.3) is 0 Å². The lowest BCUT2D eigenvalue weighted by Crippen LogP contribution is -2.59. The van der Waals surface area contributed by atoms with Gasteiger partial charge in [0.15, 0.2) is 6.04 Å². The van der Waals surface area contributed by atoms with Crippen LogP contribution in [0.3, 0.4) is 0 Å². The first kappa shape index (κ1) is 29.8. The normalized spacial score (nSPS) is 21.0. The molecule has 2 fully saturated rings. The second kappa shape index (κ2) is 13.9. The Morgan fingerprint density at radius 1 is 1.03 bits per heavy atom. The maximum absolute atomic E-state index is 13.5. The molecule has 2 aliphatic heterocycles. The van der Waals surface area contributed by atoms with E-state index in [0.29, 0.717) is 25.7 Å². The molecular formula is C25H35N5O9. The number of aliphatic hydroxyl groups is 2. The molecule has 0 saturated carbocycles. The highest BCUT2D eigenvalue weighted by atomic mass is 16.7. The number of alkyl carbamates (subject to hydrolysis) is 1. The van der Waals surface area contributed by atoms with Gasteiger partial charge in [0, 0.05) is 13.1 Å². The summed E-state index contributed by atoms with van der Waals surface area (Å²) in [5.74, 6) is 2.03. The van der Waals surface area contributed by atoms with Crippen molar-refractivity contribution in [2.75, 3.05) is 19.7 Å². The van der Waals surface area contributed by atoms with E-state index in [-0.39, 0.29) is 19.7 Å². The molecule has 1 aromatic carbocycles. The number of carbonyl (C=O) groups excluding carboxylic acids is 5. The molecule has 0 unspecified atom stereocenters. The summed E-state index contributed by atoms with van der Waals surface area (Å²) in [5, 5.41) is 24.4. The minimum absolute atomic E-state index is 0.0310. The Kier molecular flexibility index (Phi) is 10.6. The number of carbonyl (C=O) groups is 5. The fourth-order valence-electron chi connectivity index (χ4n) is 4.77. The fraction of sp³-hybridized carbons (Fsp3) is 0.560. The van der Waals surface area contributed by atoms with Gasteiger partial charge < -0.3 is 40.2 Å². The number of amides is 4. The first-order valence-electron chi connectivity index (χ1n) is 12.8. The summed E-state index contributed by atoms with van der Waals surface area (Å²) in [7, 11) is 0. The van der Waals surface area contributed by atoms with E-state index >= 15 is 0 Å². The van der Waals surface area contributed by atoms with Crippen LogP contribution in [-0.4, -0.2) is 99.8 Å². The minimum atomic E-state index is -1.39. The van der Waals surface area contributed by atoms with E-state index in [1.807, 2.05) is 6.07 Å². The average Bonchev–Trinajstić information content (AvgIpc) is 3.63. The van der Waals surface area contributed by atoms with Gasteiger partial charge in [-0.15, -0.1) is 0 Å². The van der Waals surface area contributed by atoms with Gasteiger partial charge in [0.1, 0.15) is 24.7 Å². The van der Waals surface area contributed by atoms with Gasteiger partial charge in [-0.2, -0.15) is 5.90 Å². The number of likely N-dealkylation sites (tertiary alicyclic amines) is 2. The van der Waals surface area contributed by atoms with E-state index in [1.54, 1.807) is 24.3 Å². The zero-order chi connectivity index (χ0) is 28.5. The summed E-state index contributed by atoms with van der Waals surface area (Å²) in [5.41, 5.74) is 0.743. The maximum atomic E-state index is 13.5. The monoisotopic (exact) mass is 549 g/mol. The minimum Gasteiger partial charge on any atom is -0.445 e. The van der Waals surface area contributed by atoms with Crippen LogP contribution in [0.1, 0.15) is 38.2 Å². The molecule has 0 radical (unpaired) electrons. The summed E-state index contributed by atoms with van der Waals surface area (Å²) in [6.07, 6.45) is -0.502. The molecule has 6 N–H and O–H groups in total. The third-order valence-electron chi connectivity index (χ3n) is 6.79. The van der Waals surface area contributed by atoms with Crippen LogP contribution < -0.4 is 16.5 Å². The fourth-order valence-corrected chi connectivity index (χ4v) is 4.77. The lowest BCUT2D eigenvalue weighted by Gasteiger charge is -2.33. The highest BCUT2D eigenvalue weighted by Gasteiger charge is 2.44. The third-order valence-corrected chi connectivity index (χ3v) is 6.79.